The summed E-state index contributed by atoms with van der Waals surface area (Å²) in [4.78, 5) is 24.2. The Bertz CT molecular complexity index is 664. The Morgan fingerprint density at radius 1 is 1.10 bits per heavy atom. The van der Waals surface area contributed by atoms with Crippen molar-refractivity contribution in [3.8, 4) is 5.75 Å². The van der Waals surface area contributed by atoms with Gasteiger partial charge in [-0.25, -0.2) is 0 Å². The van der Waals surface area contributed by atoms with Gasteiger partial charge in [0.05, 0.1) is 0 Å². The molecule has 0 aliphatic rings. The van der Waals surface area contributed by atoms with E-state index in [1.807, 2.05) is 30.3 Å². The highest BCUT2D eigenvalue weighted by molar-refractivity contribution is 5.89. The maximum absolute atomic E-state index is 11.4. The summed E-state index contributed by atoms with van der Waals surface area (Å²) in [6.07, 6.45) is 0. The van der Waals surface area contributed by atoms with Crippen LogP contribution in [0, 0.1) is 0 Å². The minimum Gasteiger partial charge on any atom is -0.426 e. The first-order valence-corrected chi connectivity index (χ1v) is 6.40. The molecule has 104 valence electrons. The van der Waals surface area contributed by atoms with E-state index in [1.54, 1.807) is 18.0 Å². The summed E-state index contributed by atoms with van der Waals surface area (Å²) in [5, 5.41) is 2.04. The molecule has 4 nitrogen and oxygen atoms in total. The lowest BCUT2D eigenvalue weighted by Gasteiger charge is -2.19. The first kappa shape index (κ1) is 14.1. The Kier molecular flexibility index (Phi) is 4.03. The highest BCUT2D eigenvalue weighted by Gasteiger charge is 2.13. The fraction of sp³-hybridized carbons (Fsp3) is 0.250. The molecule has 0 saturated heterocycles. The van der Waals surface area contributed by atoms with Crippen LogP contribution in [0.25, 0.3) is 10.8 Å². The van der Waals surface area contributed by atoms with E-state index < -0.39 is 0 Å². The molecular weight excluding hydrogens is 254 g/mol. The molecule has 0 atom stereocenters. The van der Waals surface area contributed by atoms with E-state index in [0.29, 0.717) is 12.3 Å². The summed E-state index contributed by atoms with van der Waals surface area (Å²) < 4.78 is 5.26. The summed E-state index contributed by atoms with van der Waals surface area (Å²) in [7, 11) is 1.72. The normalized spacial score (nSPS) is 10.3. The van der Waals surface area contributed by atoms with E-state index in [-0.39, 0.29) is 11.9 Å². The second-order valence-corrected chi connectivity index (χ2v) is 4.73. The van der Waals surface area contributed by atoms with Crippen molar-refractivity contribution in [3.05, 3.63) is 42.0 Å². The number of benzene rings is 2. The van der Waals surface area contributed by atoms with Gasteiger partial charge in [0.1, 0.15) is 5.75 Å². The van der Waals surface area contributed by atoms with Crippen LogP contribution in [0.15, 0.2) is 36.4 Å². The van der Waals surface area contributed by atoms with Crippen molar-refractivity contribution >= 4 is 22.6 Å². The second kappa shape index (κ2) is 5.74. The van der Waals surface area contributed by atoms with Crippen molar-refractivity contribution in [1.29, 1.82) is 0 Å². The number of esters is 1. The third-order valence-electron chi connectivity index (χ3n) is 3.18. The molecule has 0 saturated carbocycles. The SMILES string of the molecule is CC(=O)Oc1ccc2ccccc2c1CN(C)C(C)=O. The zero-order valence-corrected chi connectivity index (χ0v) is 11.8. The fourth-order valence-electron chi connectivity index (χ4n) is 2.08. The third kappa shape index (κ3) is 2.96. The van der Waals surface area contributed by atoms with Gasteiger partial charge in [-0.3, -0.25) is 9.59 Å². The first-order chi connectivity index (χ1) is 9.49. The lowest BCUT2D eigenvalue weighted by molar-refractivity contribution is -0.131. The molecule has 20 heavy (non-hydrogen) atoms. The molecule has 0 N–H and O–H groups in total. The van der Waals surface area contributed by atoms with Crippen LogP contribution in [-0.2, 0) is 16.1 Å². The van der Waals surface area contributed by atoms with Crippen LogP contribution in [0.1, 0.15) is 19.4 Å². The number of fused-ring (bicyclic) bond motifs is 1. The van der Waals surface area contributed by atoms with E-state index in [2.05, 4.69) is 0 Å². The number of amides is 1. The van der Waals surface area contributed by atoms with Crippen LogP contribution in [-0.4, -0.2) is 23.8 Å². The minimum absolute atomic E-state index is 0.0355. The molecular formula is C16H17NO3. The van der Waals surface area contributed by atoms with Gasteiger partial charge in [-0.05, 0) is 16.8 Å². The fourth-order valence-corrected chi connectivity index (χ4v) is 2.08. The van der Waals surface area contributed by atoms with E-state index in [4.69, 9.17) is 4.74 Å². The van der Waals surface area contributed by atoms with Crippen molar-refractivity contribution < 1.29 is 14.3 Å². The van der Waals surface area contributed by atoms with Gasteiger partial charge in [0, 0.05) is 33.0 Å². The summed E-state index contributed by atoms with van der Waals surface area (Å²) >= 11 is 0. The predicted molar refractivity (Wildman–Crippen MR) is 77.4 cm³/mol. The number of carbonyl (C=O) groups excluding carboxylic acids is 2. The number of nitrogens with zero attached hydrogens (tertiary/aromatic N) is 1. The Balaban J connectivity index is 2.55. The third-order valence-corrected chi connectivity index (χ3v) is 3.18. The molecule has 0 aliphatic heterocycles. The zero-order valence-electron chi connectivity index (χ0n) is 11.8. The highest BCUT2D eigenvalue weighted by Crippen LogP contribution is 2.29. The molecule has 0 radical (unpaired) electrons. The Labute approximate surface area is 117 Å². The van der Waals surface area contributed by atoms with Crippen molar-refractivity contribution in [3.63, 3.8) is 0 Å². The van der Waals surface area contributed by atoms with Crippen molar-refractivity contribution in [2.24, 2.45) is 0 Å². The van der Waals surface area contributed by atoms with Crippen molar-refractivity contribution in [2.75, 3.05) is 7.05 Å². The maximum atomic E-state index is 11.4. The van der Waals surface area contributed by atoms with Crippen LogP contribution in [0.5, 0.6) is 5.75 Å². The van der Waals surface area contributed by atoms with Gasteiger partial charge in [-0.2, -0.15) is 0 Å². The molecule has 2 aromatic rings. The van der Waals surface area contributed by atoms with Crippen LogP contribution < -0.4 is 4.74 Å². The van der Waals surface area contributed by atoms with Gasteiger partial charge in [0.2, 0.25) is 5.91 Å². The quantitative estimate of drug-likeness (QED) is 0.637. The zero-order chi connectivity index (χ0) is 14.7. The second-order valence-electron chi connectivity index (χ2n) is 4.73. The smallest absolute Gasteiger partial charge is 0.308 e. The monoisotopic (exact) mass is 271 g/mol. The van der Waals surface area contributed by atoms with E-state index in [1.165, 1.54) is 13.8 Å². The average Bonchev–Trinajstić information content (AvgIpc) is 2.40. The van der Waals surface area contributed by atoms with Gasteiger partial charge >= 0.3 is 5.97 Å². The van der Waals surface area contributed by atoms with Crippen LogP contribution in [0.3, 0.4) is 0 Å². The number of hydrogen-bond donors (Lipinski definition) is 0. The largest absolute Gasteiger partial charge is 0.426 e. The van der Waals surface area contributed by atoms with Gasteiger partial charge < -0.3 is 9.64 Å². The van der Waals surface area contributed by atoms with Crippen LogP contribution in [0.2, 0.25) is 0 Å². The van der Waals surface area contributed by atoms with Gasteiger partial charge in [0.25, 0.3) is 0 Å². The van der Waals surface area contributed by atoms with Gasteiger partial charge in [0.15, 0.2) is 0 Å². The predicted octanol–water partition coefficient (Wildman–Crippen LogP) is 2.74. The van der Waals surface area contributed by atoms with Gasteiger partial charge in [-0.1, -0.05) is 30.3 Å². The van der Waals surface area contributed by atoms with E-state index in [0.717, 1.165) is 16.3 Å². The molecule has 0 spiro atoms. The molecule has 2 rings (SSSR count). The lowest BCUT2D eigenvalue weighted by atomic mass is 10.0. The number of carbonyl (C=O) groups is 2. The molecule has 0 fully saturated rings. The number of ether oxygens (including phenoxy) is 1. The summed E-state index contributed by atoms with van der Waals surface area (Å²) in [5.41, 5.74) is 0.844. The highest BCUT2D eigenvalue weighted by atomic mass is 16.5. The molecule has 2 aromatic carbocycles. The lowest BCUT2D eigenvalue weighted by Crippen LogP contribution is -2.23. The Morgan fingerprint density at radius 3 is 2.45 bits per heavy atom. The molecule has 0 unspecified atom stereocenters. The van der Waals surface area contributed by atoms with Crippen LogP contribution >= 0.6 is 0 Å². The topological polar surface area (TPSA) is 46.6 Å². The van der Waals surface area contributed by atoms with E-state index >= 15 is 0 Å². The number of hydrogen-bond acceptors (Lipinski definition) is 3. The molecule has 0 bridgehead atoms. The molecule has 4 heteroatoms. The Hall–Kier alpha value is -2.36. The summed E-state index contributed by atoms with van der Waals surface area (Å²) in [5.74, 6) is 0.100. The summed E-state index contributed by atoms with van der Waals surface area (Å²) in [6.45, 7) is 3.28. The molecule has 0 aromatic heterocycles. The minimum atomic E-state index is -0.369. The summed E-state index contributed by atoms with van der Waals surface area (Å²) in [6, 6.07) is 11.5. The van der Waals surface area contributed by atoms with E-state index in [9.17, 15) is 9.59 Å². The molecule has 0 aliphatic carbocycles. The van der Waals surface area contributed by atoms with Crippen LogP contribution in [0.4, 0.5) is 0 Å². The average molecular weight is 271 g/mol. The Morgan fingerprint density at radius 2 is 1.80 bits per heavy atom. The number of rotatable bonds is 3. The van der Waals surface area contributed by atoms with Gasteiger partial charge in [-0.15, -0.1) is 0 Å². The molecule has 0 heterocycles. The standard InChI is InChI=1S/C16H17NO3/c1-11(18)17(3)10-15-14-7-5-4-6-13(14)8-9-16(15)20-12(2)19/h4-9H,10H2,1-3H3. The van der Waals surface area contributed by atoms with Crippen molar-refractivity contribution in [2.45, 2.75) is 20.4 Å². The van der Waals surface area contributed by atoms with Crippen molar-refractivity contribution in [1.82, 2.24) is 4.90 Å². The molecule has 1 amide bonds. The first-order valence-electron chi connectivity index (χ1n) is 6.40. The maximum Gasteiger partial charge on any atom is 0.308 e.